The molecule has 0 aliphatic rings. The Morgan fingerprint density at radius 1 is 1.08 bits per heavy atom. The standard InChI is InChI=1S/C21H23NO2/c1-21(2,3)15-8-7-9-16(12-15)24-14-20(23)18-13-22(4)19-11-6-5-10-17(18)19/h5-13H,14H2,1-4H3. The second kappa shape index (κ2) is 6.16. The van der Waals surface area contributed by atoms with Gasteiger partial charge in [-0.05, 0) is 29.2 Å². The Hall–Kier alpha value is -2.55. The number of carbonyl (C=O) groups is 1. The largest absolute Gasteiger partial charge is 0.485 e. The molecule has 0 aliphatic heterocycles. The number of aromatic nitrogens is 1. The van der Waals surface area contributed by atoms with Crippen LogP contribution >= 0.6 is 0 Å². The molecule has 0 fully saturated rings. The molecular weight excluding hydrogens is 298 g/mol. The van der Waals surface area contributed by atoms with Crippen molar-refractivity contribution in [3.8, 4) is 5.75 Å². The van der Waals surface area contributed by atoms with Gasteiger partial charge in [0.25, 0.3) is 0 Å². The van der Waals surface area contributed by atoms with E-state index in [9.17, 15) is 4.79 Å². The molecule has 1 heterocycles. The van der Waals surface area contributed by atoms with Gasteiger partial charge in [-0.1, -0.05) is 51.1 Å². The summed E-state index contributed by atoms with van der Waals surface area (Å²) in [5.74, 6) is 0.726. The molecule has 3 aromatic rings. The van der Waals surface area contributed by atoms with E-state index in [-0.39, 0.29) is 17.8 Å². The summed E-state index contributed by atoms with van der Waals surface area (Å²) < 4.78 is 7.73. The van der Waals surface area contributed by atoms with Crippen molar-refractivity contribution < 1.29 is 9.53 Å². The fourth-order valence-corrected chi connectivity index (χ4v) is 2.84. The van der Waals surface area contributed by atoms with Crippen LogP contribution in [0.2, 0.25) is 0 Å². The van der Waals surface area contributed by atoms with Gasteiger partial charge in [0.05, 0.1) is 0 Å². The van der Waals surface area contributed by atoms with Crippen LogP contribution in [0.1, 0.15) is 36.7 Å². The number of benzene rings is 2. The smallest absolute Gasteiger partial charge is 0.202 e. The first-order chi connectivity index (χ1) is 11.4. The van der Waals surface area contributed by atoms with Crippen molar-refractivity contribution in [2.75, 3.05) is 6.61 Å². The van der Waals surface area contributed by atoms with E-state index < -0.39 is 0 Å². The van der Waals surface area contributed by atoms with E-state index in [1.807, 2.05) is 60.3 Å². The average Bonchev–Trinajstić information content (AvgIpc) is 2.90. The highest BCUT2D eigenvalue weighted by Crippen LogP contribution is 2.26. The van der Waals surface area contributed by atoms with Crippen LogP contribution in [-0.2, 0) is 12.5 Å². The third-order valence-electron chi connectivity index (χ3n) is 4.27. The maximum Gasteiger partial charge on any atom is 0.202 e. The van der Waals surface area contributed by atoms with Crippen molar-refractivity contribution in [1.82, 2.24) is 4.57 Å². The third kappa shape index (κ3) is 3.21. The van der Waals surface area contributed by atoms with Crippen molar-refractivity contribution >= 4 is 16.7 Å². The minimum absolute atomic E-state index is 0.00652. The molecule has 24 heavy (non-hydrogen) atoms. The second-order valence-corrected chi connectivity index (χ2v) is 7.16. The zero-order valence-corrected chi connectivity index (χ0v) is 14.7. The SMILES string of the molecule is Cn1cc(C(=O)COc2cccc(C(C)(C)C)c2)c2ccccc21. The average molecular weight is 321 g/mol. The highest BCUT2D eigenvalue weighted by molar-refractivity contribution is 6.08. The van der Waals surface area contributed by atoms with Gasteiger partial charge in [-0.2, -0.15) is 0 Å². The van der Waals surface area contributed by atoms with Crippen LogP contribution in [0, 0.1) is 0 Å². The number of ether oxygens (including phenoxy) is 1. The first-order valence-electron chi connectivity index (χ1n) is 8.17. The molecule has 3 nitrogen and oxygen atoms in total. The number of aryl methyl sites for hydroxylation is 1. The van der Waals surface area contributed by atoms with Crippen LogP contribution < -0.4 is 4.74 Å². The number of para-hydroxylation sites is 1. The fraction of sp³-hybridized carbons (Fsp3) is 0.286. The van der Waals surface area contributed by atoms with Gasteiger partial charge in [-0.15, -0.1) is 0 Å². The zero-order valence-electron chi connectivity index (χ0n) is 14.7. The molecule has 0 radical (unpaired) electrons. The number of hydrogen-bond acceptors (Lipinski definition) is 2. The van der Waals surface area contributed by atoms with Gasteiger partial charge < -0.3 is 9.30 Å². The monoisotopic (exact) mass is 321 g/mol. The molecule has 0 spiro atoms. The summed E-state index contributed by atoms with van der Waals surface area (Å²) >= 11 is 0. The normalized spacial score (nSPS) is 11.7. The number of fused-ring (bicyclic) bond motifs is 1. The summed E-state index contributed by atoms with van der Waals surface area (Å²) in [5, 5.41) is 0.969. The van der Waals surface area contributed by atoms with Gasteiger partial charge in [-0.3, -0.25) is 4.79 Å². The lowest BCUT2D eigenvalue weighted by molar-refractivity contribution is 0.0923. The molecule has 2 aromatic carbocycles. The second-order valence-electron chi connectivity index (χ2n) is 7.16. The Bertz CT molecular complexity index is 884. The predicted molar refractivity (Wildman–Crippen MR) is 97.9 cm³/mol. The first kappa shape index (κ1) is 16.3. The van der Waals surface area contributed by atoms with E-state index in [4.69, 9.17) is 4.74 Å². The summed E-state index contributed by atoms with van der Waals surface area (Å²) in [6.45, 7) is 6.52. The van der Waals surface area contributed by atoms with Gasteiger partial charge in [0.1, 0.15) is 5.75 Å². The van der Waals surface area contributed by atoms with Crippen LogP contribution in [0.3, 0.4) is 0 Å². The topological polar surface area (TPSA) is 31.2 Å². The van der Waals surface area contributed by atoms with Crippen LogP contribution in [-0.4, -0.2) is 17.0 Å². The lowest BCUT2D eigenvalue weighted by Gasteiger charge is -2.19. The minimum atomic E-state index is -0.00652. The fourth-order valence-electron chi connectivity index (χ4n) is 2.84. The molecule has 0 atom stereocenters. The Labute approximate surface area is 142 Å². The number of carbonyl (C=O) groups excluding carboxylic acids is 1. The summed E-state index contributed by atoms with van der Waals surface area (Å²) in [7, 11) is 1.95. The van der Waals surface area contributed by atoms with Crippen LogP contribution in [0.15, 0.2) is 54.7 Å². The molecule has 0 unspecified atom stereocenters. The lowest BCUT2D eigenvalue weighted by Crippen LogP contribution is -2.13. The number of hydrogen-bond donors (Lipinski definition) is 0. The highest BCUT2D eigenvalue weighted by Gasteiger charge is 2.16. The predicted octanol–water partition coefficient (Wildman–Crippen LogP) is 4.74. The molecule has 1 aromatic heterocycles. The first-order valence-corrected chi connectivity index (χ1v) is 8.17. The molecule has 0 aliphatic carbocycles. The highest BCUT2D eigenvalue weighted by atomic mass is 16.5. The number of rotatable bonds is 4. The number of ketones is 1. The Morgan fingerprint density at radius 3 is 2.58 bits per heavy atom. The molecule has 124 valence electrons. The summed E-state index contributed by atoms with van der Waals surface area (Å²) in [5.41, 5.74) is 3.01. The van der Waals surface area contributed by atoms with E-state index >= 15 is 0 Å². The minimum Gasteiger partial charge on any atom is -0.485 e. The molecule has 0 saturated heterocycles. The molecule has 3 heteroatoms. The van der Waals surface area contributed by atoms with Gasteiger partial charge in [0, 0.05) is 29.7 Å². The molecule has 0 N–H and O–H groups in total. The molecule has 3 rings (SSSR count). The summed E-state index contributed by atoms with van der Waals surface area (Å²) in [6, 6.07) is 15.9. The number of Topliss-reactive ketones (excluding diaryl/α,β-unsaturated/α-hetero) is 1. The Morgan fingerprint density at radius 2 is 1.83 bits per heavy atom. The van der Waals surface area contributed by atoms with E-state index in [2.05, 4.69) is 26.8 Å². The van der Waals surface area contributed by atoms with Gasteiger partial charge in [-0.25, -0.2) is 0 Å². The molecule has 0 saturated carbocycles. The van der Waals surface area contributed by atoms with Gasteiger partial charge >= 0.3 is 0 Å². The summed E-state index contributed by atoms with van der Waals surface area (Å²) in [4.78, 5) is 12.6. The van der Waals surface area contributed by atoms with Crippen molar-refractivity contribution in [1.29, 1.82) is 0 Å². The van der Waals surface area contributed by atoms with Crippen LogP contribution in [0.5, 0.6) is 5.75 Å². The van der Waals surface area contributed by atoms with E-state index in [1.54, 1.807) is 0 Å². The van der Waals surface area contributed by atoms with Gasteiger partial charge in [0.2, 0.25) is 5.78 Å². The maximum absolute atomic E-state index is 12.6. The van der Waals surface area contributed by atoms with E-state index in [0.29, 0.717) is 5.56 Å². The molecule has 0 amide bonds. The van der Waals surface area contributed by atoms with Gasteiger partial charge in [0.15, 0.2) is 6.61 Å². The van der Waals surface area contributed by atoms with Crippen molar-refractivity contribution in [3.05, 3.63) is 65.9 Å². The van der Waals surface area contributed by atoms with E-state index in [0.717, 1.165) is 16.7 Å². The Balaban J connectivity index is 1.78. The quantitative estimate of drug-likeness (QED) is 0.650. The van der Waals surface area contributed by atoms with E-state index in [1.165, 1.54) is 5.56 Å². The Kier molecular flexibility index (Phi) is 4.18. The van der Waals surface area contributed by atoms with Crippen molar-refractivity contribution in [2.45, 2.75) is 26.2 Å². The molecule has 0 bridgehead atoms. The van der Waals surface area contributed by atoms with Crippen molar-refractivity contribution in [3.63, 3.8) is 0 Å². The molecular formula is C21H23NO2. The number of nitrogens with zero attached hydrogens (tertiary/aromatic N) is 1. The summed E-state index contributed by atoms with van der Waals surface area (Å²) in [6.07, 6.45) is 1.88. The maximum atomic E-state index is 12.6. The van der Waals surface area contributed by atoms with Crippen molar-refractivity contribution in [2.24, 2.45) is 7.05 Å². The van der Waals surface area contributed by atoms with Crippen LogP contribution in [0.4, 0.5) is 0 Å². The zero-order chi connectivity index (χ0) is 17.3. The third-order valence-corrected chi connectivity index (χ3v) is 4.27. The van der Waals surface area contributed by atoms with Crippen LogP contribution in [0.25, 0.3) is 10.9 Å². The lowest BCUT2D eigenvalue weighted by atomic mass is 9.87.